The Bertz CT molecular complexity index is 1460. The van der Waals surface area contributed by atoms with Crippen LogP contribution in [0.3, 0.4) is 0 Å². The Labute approximate surface area is 211 Å². The van der Waals surface area contributed by atoms with Gasteiger partial charge in [-0.15, -0.1) is 0 Å². The average molecular weight is 516 g/mol. The molecule has 0 saturated heterocycles. The molecule has 5 nitrogen and oxygen atoms in total. The standard InChI is InChI=1S/C27H25ClF3N3O2/c1-15-4-7-18(8-5-15)34-21-11-6-17(12-16(21)13-32-34)33-24-19-9-10-20(28)23(35)22(19)25(2,3)14-26(24,36)27(29,30)31/h4-13,24,33,35-36H,14H2,1-3H3. The Hall–Kier alpha value is -3.23. The lowest BCUT2D eigenvalue weighted by Gasteiger charge is -2.49. The first-order chi connectivity index (χ1) is 16.8. The number of phenolic OH excluding ortho intramolecular Hbond substituents is 1. The first-order valence-corrected chi connectivity index (χ1v) is 11.8. The van der Waals surface area contributed by atoms with Gasteiger partial charge in [0.25, 0.3) is 0 Å². The van der Waals surface area contributed by atoms with Crippen molar-refractivity contribution in [1.29, 1.82) is 0 Å². The van der Waals surface area contributed by atoms with Gasteiger partial charge in [0.2, 0.25) is 0 Å². The Morgan fingerprint density at radius 1 is 1.08 bits per heavy atom. The first-order valence-electron chi connectivity index (χ1n) is 11.4. The van der Waals surface area contributed by atoms with Gasteiger partial charge in [-0.2, -0.15) is 18.3 Å². The van der Waals surface area contributed by atoms with Crippen LogP contribution in [-0.2, 0) is 5.41 Å². The topological polar surface area (TPSA) is 70.3 Å². The number of nitrogens with one attached hydrogen (secondary N) is 1. The molecule has 0 fully saturated rings. The second-order valence-corrected chi connectivity index (χ2v) is 10.5. The van der Waals surface area contributed by atoms with Crippen LogP contribution < -0.4 is 5.32 Å². The number of aryl methyl sites for hydroxylation is 1. The molecule has 3 aromatic carbocycles. The van der Waals surface area contributed by atoms with Crippen LogP contribution in [0.5, 0.6) is 5.75 Å². The van der Waals surface area contributed by atoms with Crippen LogP contribution in [0.2, 0.25) is 5.02 Å². The van der Waals surface area contributed by atoms with Gasteiger partial charge in [-0.05, 0) is 60.7 Å². The van der Waals surface area contributed by atoms with E-state index in [0.29, 0.717) is 11.1 Å². The molecule has 3 N–H and O–H groups in total. The number of alkyl halides is 3. The molecule has 188 valence electrons. The Balaban J connectivity index is 1.60. The maximum Gasteiger partial charge on any atom is 0.419 e. The number of benzene rings is 3. The van der Waals surface area contributed by atoms with Gasteiger partial charge < -0.3 is 15.5 Å². The van der Waals surface area contributed by atoms with E-state index in [1.165, 1.54) is 12.1 Å². The second kappa shape index (κ2) is 8.15. The van der Waals surface area contributed by atoms with Crippen molar-refractivity contribution in [3.05, 3.63) is 82.5 Å². The number of fused-ring (bicyclic) bond motifs is 2. The number of phenols is 1. The largest absolute Gasteiger partial charge is 0.506 e. The minimum Gasteiger partial charge on any atom is -0.506 e. The lowest BCUT2D eigenvalue weighted by atomic mass is 9.63. The molecule has 0 aliphatic heterocycles. The molecule has 0 amide bonds. The Morgan fingerprint density at radius 2 is 1.78 bits per heavy atom. The average Bonchev–Trinajstić information content (AvgIpc) is 3.21. The van der Waals surface area contributed by atoms with Crippen LogP contribution in [0.1, 0.15) is 43.0 Å². The van der Waals surface area contributed by atoms with Crippen molar-refractivity contribution < 1.29 is 23.4 Å². The van der Waals surface area contributed by atoms with E-state index in [1.54, 1.807) is 42.9 Å². The van der Waals surface area contributed by atoms with Gasteiger partial charge in [0.15, 0.2) is 5.60 Å². The van der Waals surface area contributed by atoms with Crippen molar-refractivity contribution >= 4 is 28.2 Å². The van der Waals surface area contributed by atoms with Gasteiger partial charge in [0.1, 0.15) is 5.75 Å². The number of aromatic hydroxyl groups is 1. The van der Waals surface area contributed by atoms with Crippen molar-refractivity contribution in [3.63, 3.8) is 0 Å². The van der Waals surface area contributed by atoms with Crippen LogP contribution in [0, 0.1) is 6.92 Å². The number of nitrogens with zero attached hydrogens (tertiary/aromatic N) is 2. The summed E-state index contributed by atoms with van der Waals surface area (Å²) in [6, 6.07) is 14.1. The molecule has 0 bridgehead atoms. The quantitative estimate of drug-likeness (QED) is 0.280. The van der Waals surface area contributed by atoms with E-state index in [1.807, 2.05) is 31.2 Å². The molecule has 0 saturated carbocycles. The molecule has 2 atom stereocenters. The van der Waals surface area contributed by atoms with Crippen LogP contribution in [0.15, 0.2) is 60.8 Å². The molecule has 4 aromatic rings. The molecule has 1 aromatic heterocycles. The number of aliphatic hydroxyl groups is 1. The van der Waals surface area contributed by atoms with Gasteiger partial charge in [0, 0.05) is 16.6 Å². The molecule has 1 heterocycles. The van der Waals surface area contributed by atoms with Crippen LogP contribution in [0.25, 0.3) is 16.6 Å². The third kappa shape index (κ3) is 3.79. The fourth-order valence-electron chi connectivity index (χ4n) is 5.30. The second-order valence-electron chi connectivity index (χ2n) is 10.1. The summed E-state index contributed by atoms with van der Waals surface area (Å²) in [5.41, 5.74) is -0.723. The number of aromatic nitrogens is 2. The molecule has 0 spiro atoms. The molecule has 36 heavy (non-hydrogen) atoms. The molecule has 2 unspecified atom stereocenters. The fourth-order valence-corrected chi connectivity index (χ4v) is 5.45. The van der Waals surface area contributed by atoms with Gasteiger partial charge in [-0.25, -0.2) is 4.68 Å². The summed E-state index contributed by atoms with van der Waals surface area (Å²) >= 11 is 6.10. The summed E-state index contributed by atoms with van der Waals surface area (Å²) in [6.07, 6.45) is -3.95. The summed E-state index contributed by atoms with van der Waals surface area (Å²) in [5, 5.41) is 29.9. The number of hydrogen-bond acceptors (Lipinski definition) is 4. The lowest BCUT2D eigenvalue weighted by Crippen LogP contribution is -2.58. The van der Waals surface area contributed by atoms with E-state index in [2.05, 4.69) is 10.4 Å². The van der Waals surface area contributed by atoms with Crippen molar-refractivity contribution in [2.24, 2.45) is 0 Å². The highest BCUT2D eigenvalue weighted by atomic mass is 35.5. The van der Waals surface area contributed by atoms with Gasteiger partial charge in [-0.1, -0.05) is 49.2 Å². The van der Waals surface area contributed by atoms with Crippen LogP contribution in [-0.4, -0.2) is 31.8 Å². The van der Waals surface area contributed by atoms with Gasteiger partial charge in [-0.3, -0.25) is 0 Å². The van der Waals surface area contributed by atoms with Crippen molar-refractivity contribution in [1.82, 2.24) is 9.78 Å². The van der Waals surface area contributed by atoms with E-state index in [9.17, 15) is 23.4 Å². The van der Waals surface area contributed by atoms with E-state index in [4.69, 9.17) is 11.6 Å². The monoisotopic (exact) mass is 515 g/mol. The van der Waals surface area contributed by atoms with Gasteiger partial charge in [0.05, 0.1) is 28.5 Å². The molecule has 1 aliphatic rings. The Kier molecular flexibility index (Phi) is 5.53. The summed E-state index contributed by atoms with van der Waals surface area (Å²) in [5.74, 6) is -0.273. The maximum atomic E-state index is 14.4. The van der Waals surface area contributed by atoms with E-state index in [-0.39, 0.29) is 21.9 Å². The molecule has 5 rings (SSSR count). The van der Waals surface area contributed by atoms with Crippen LogP contribution in [0.4, 0.5) is 18.9 Å². The van der Waals surface area contributed by atoms with Crippen LogP contribution >= 0.6 is 11.6 Å². The third-order valence-corrected chi connectivity index (χ3v) is 7.29. The zero-order valence-electron chi connectivity index (χ0n) is 19.9. The fraction of sp³-hybridized carbons (Fsp3) is 0.296. The van der Waals surface area contributed by atoms with E-state index < -0.39 is 29.7 Å². The molecule has 9 heteroatoms. The smallest absolute Gasteiger partial charge is 0.419 e. The normalized spacial score (nSPS) is 21.4. The van der Waals surface area contributed by atoms with Crippen molar-refractivity contribution in [2.75, 3.05) is 5.32 Å². The van der Waals surface area contributed by atoms with E-state index in [0.717, 1.165) is 16.8 Å². The molecule has 0 radical (unpaired) electrons. The highest BCUT2D eigenvalue weighted by Crippen LogP contribution is 2.57. The number of hydrogen-bond donors (Lipinski definition) is 3. The number of anilines is 1. The lowest BCUT2D eigenvalue weighted by molar-refractivity contribution is -0.275. The van der Waals surface area contributed by atoms with E-state index >= 15 is 0 Å². The summed E-state index contributed by atoms with van der Waals surface area (Å²) in [4.78, 5) is 0. The highest BCUT2D eigenvalue weighted by molar-refractivity contribution is 6.32. The first kappa shape index (κ1) is 24.5. The summed E-state index contributed by atoms with van der Waals surface area (Å²) < 4.78 is 44.9. The SMILES string of the molecule is Cc1ccc(-n2ncc3cc(NC4c5ccc(Cl)c(O)c5C(C)(C)CC4(O)C(F)(F)F)ccc32)cc1. The molecular weight excluding hydrogens is 491 g/mol. The highest BCUT2D eigenvalue weighted by Gasteiger charge is 2.64. The van der Waals surface area contributed by atoms with Gasteiger partial charge >= 0.3 is 6.18 Å². The summed E-state index contributed by atoms with van der Waals surface area (Å²) in [7, 11) is 0. The zero-order chi connectivity index (χ0) is 26.0. The number of halogens is 4. The van der Waals surface area contributed by atoms with Crippen molar-refractivity contribution in [2.45, 2.75) is 50.4 Å². The Morgan fingerprint density at radius 3 is 2.44 bits per heavy atom. The zero-order valence-corrected chi connectivity index (χ0v) is 20.6. The number of rotatable bonds is 3. The predicted molar refractivity (Wildman–Crippen MR) is 134 cm³/mol. The van der Waals surface area contributed by atoms with Crippen molar-refractivity contribution in [3.8, 4) is 11.4 Å². The molecule has 1 aliphatic carbocycles. The summed E-state index contributed by atoms with van der Waals surface area (Å²) in [6.45, 7) is 5.10. The minimum absolute atomic E-state index is 0.0444. The predicted octanol–water partition coefficient (Wildman–Crippen LogP) is 6.82. The minimum atomic E-state index is -4.94. The molecular formula is C27H25ClF3N3O2. The third-order valence-electron chi connectivity index (χ3n) is 6.99. The maximum absolute atomic E-state index is 14.4.